The van der Waals surface area contributed by atoms with Gasteiger partial charge in [-0.15, -0.1) is 0 Å². The lowest BCUT2D eigenvalue weighted by Crippen LogP contribution is -2.65. The summed E-state index contributed by atoms with van der Waals surface area (Å²) in [4.78, 5) is 26.3. The molecule has 5 rings (SSSR count). The molecule has 9 atom stereocenters. The van der Waals surface area contributed by atoms with Gasteiger partial charge in [0.25, 0.3) is 0 Å². The molecular formula is C30H42O8. The predicted molar refractivity (Wildman–Crippen MR) is 139 cm³/mol. The Morgan fingerprint density at radius 3 is 2.74 bits per heavy atom. The van der Waals surface area contributed by atoms with Gasteiger partial charge in [0, 0.05) is 31.0 Å². The van der Waals surface area contributed by atoms with Crippen LogP contribution in [0.4, 0.5) is 0 Å². The number of ether oxygens (including phenoxy) is 5. The SMILES string of the molecule is COCC1/C=C/C=C\C(=O)C[C@@H]2C[C@H]3OC4C=C(C)CC[C@]4(COC(=O)[C@@H](O)C(C)CCO1)[C@]2(C)C31CO1. The molecule has 3 heterocycles. The topological polar surface area (TPSA) is 104 Å². The molecule has 2 aliphatic carbocycles. The highest BCUT2D eigenvalue weighted by Crippen LogP contribution is 2.74. The van der Waals surface area contributed by atoms with Gasteiger partial charge in [-0.05, 0) is 50.5 Å². The van der Waals surface area contributed by atoms with Crippen molar-refractivity contribution >= 4 is 11.8 Å². The second-order valence-electron chi connectivity index (χ2n) is 12.1. The van der Waals surface area contributed by atoms with Crippen molar-refractivity contribution in [3.8, 4) is 0 Å². The van der Waals surface area contributed by atoms with Crippen LogP contribution in [0, 0.1) is 22.7 Å². The van der Waals surface area contributed by atoms with Gasteiger partial charge in [0.05, 0.1) is 31.5 Å². The molecule has 2 bridgehead atoms. The molecule has 8 heteroatoms. The number of cyclic esters (lactones) is 1. The van der Waals surface area contributed by atoms with Crippen LogP contribution in [0.3, 0.4) is 0 Å². The number of esters is 1. The van der Waals surface area contributed by atoms with Gasteiger partial charge in [0.1, 0.15) is 12.2 Å². The zero-order chi connectivity index (χ0) is 27.1. The van der Waals surface area contributed by atoms with Gasteiger partial charge < -0.3 is 28.8 Å². The lowest BCUT2D eigenvalue weighted by molar-refractivity contribution is -0.227. The van der Waals surface area contributed by atoms with Crippen LogP contribution in [0.2, 0.25) is 0 Å². The summed E-state index contributed by atoms with van der Waals surface area (Å²) >= 11 is 0. The Hall–Kier alpha value is -1.84. The molecule has 4 unspecified atom stereocenters. The molecule has 0 aromatic heterocycles. The Morgan fingerprint density at radius 2 is 2.00 bits per heavy atom. The second kappa shape index (κ2) is 10.6. The number of hydrogen-bond donors (Lipinski definition) is 1. The monoisotopic (exact) mass is 530 g/mol. The lowest BCUT2D eigenvalue weighted by atomic mass is 9.49. The highest BCUT2D eigenvalue weighted by molar-refractivity contribution is 5.90. The van der Waals surface area contributed by atoms with Gasteiger partial charge in [-0.2, -0.15) is 0 Å². The van der Waals surface area contributed by atoms with Crippen molar-refractivity contribution in [2.75, 3.05) is 33.5 Å². The fraction of sp³-hybridized carbons (Fsp3) is 0.733. The van der Waals surface area contributed by atoms with Gasteiger partial charge in [-0.3, -0.25) is 4.79 Å². The van der Waals surface area contributed by atoms with E-state index in [2.05, 4.69) is 19.9 Å². The summed E-state index contributed by atoms with van der Waals surface area (Å²) in [6.07, 6.45) is 10.5. The Balaban J connectivity index is 1.49. The summed E-state index contributed by atoms with van der Waals surface area (Å²) in [6.45, 7) is 7.57. The highest BCUT2D eigenvalue weighted by Gasteiger charge is 2.81. The van der Waals surface area contributed by atoms with Crippen LogP contribution in [0.1, 0.15) is 52.9 Å². The third kappa shape index (κ3) is 4.52. The number of carbonyl (C=O) groups is 2. The van der Waals surface area contributed by atoms with Crippen LogP contribution >= 0.6 is 0 Å². The van der Waals surface area contributed by atoms with E-state index >= 15 is 0 Å². The summed E-state index contributed by atoms with van der Waals surface area (Å²) in [6, 6.07) is 0. The molecule has 2 spiro atoms. The lowest BCUT2D eigenvalue weighted by Gasteiger charge is -2.59. The second-order valence-corrected chi connectivity index (χ2v) is 12.1. The number of aliphatic hydroxyl groups is 1. The van der Waals surface area contributed by atoms with Crippen molar-refractivity contribution in [1.29, 1.82) is 0 Å². The first-order valence-corrected chi connectivity index (χ1v) is 14.0. The Kier molecular flexibility index (Phi) is 7.74. The molecule has 38 heavy (non-hydrogen) atoms. The molecule has 5 aliphatic rings. The number of hydrogen-bond acceptors (Lipinski definition) is 8. The van der Waals surface area contributed by atoms with E-state index in [4.69, 9.17) is 23.7 Å². The molecule has 210 valence electrons. The number of epoxide rings is 1. The number of methoxy groups -OCH3 is 1. The average molecular weight is 531 g/mol. The molecule has 1 N–H and O–H groups in total. The Labute approximate surface area is 225 Å². The normalized spacial score (nSPS) is 47.3. The van der Waals surface area contributed by atoms with E-state index < -0.39 is 28.5 Å². The molecule has 2 saturated heterocycles. The van der Waals surface area contributed by atoms with Crippen molar-refractivity contribution in [3.63, 3.8) is 0 Å². The smallest absolute Gasteiger partial charge is 0.335 e. The number of ketones is 1. The van der Waals surface area contributed by atoms with E-state index in [0.29, 0.717) is 32.7 Å². The van der Waals surface area contributed by atoms with Crippen LogP contribution in [-0.2, 0) is 33.3 Å². The summed E-state index contributed by atoms with van der Waals surface area (Å²) in [5, 5.41) is 10.8. The van der Waals surface area contributed by atoms with Crippen molar-refractivity contribution in [2.45, 2.75) is 82.9 Å². The van der Waals surface area contributed by atoms with Gasteiger partial charge in [0.15, 0.2) is 11.9 Å². The van der Waals surface area contributed by atoms with Crippen LogP contribution in [0.5, 0.6) is 0 Å². The van der Waals surface area contributed by atoms with Crippen molar-refractivity contribution in [2.24, 2.45) is 22.7 Å². The summed E-state index contributed by atoms with van der Waals surface area (Å²) in [5.74, 6) is -0.909. The number of aliphatic hydroxyl groups excluding tert-OH is 1. The maximum atomic E-state index is 13.2. The maximum absolute atomic E-state index is 13.2. The number of carbonyl (C=O) groups excluding carboxylic acids is 2. The largest absolute Gasteiger partial charge is 0.463 e. The minimum absolute atomic E-state index is 0.0129. The van der Waals surface area contributed by atoms with Crippen molar-refractivity contribution in [3.05, 3.63) is 36.0 Å². The number of allylic oxidation sites excluding steroid dienone is 4. The van der Waals surface area contributed by atoms with Gasteiger partial charge in [-0.1, -0.05) is 43.7 Å². The maximum Gasteiger partial charge on any atom is 0.335 e. The first-order valence-electron chi connectivity index (χ1n) is 14.0. The van der Waals surface area contributed by atoms with Crippen LogP contribution in [0.15, 0.2) is 36.0 Å². The van der Waals surface area contributed by atoms with Gasteiger partial charge in [0.2, 0.25) is 0 Å². The van der Waals surface area contributed by atoms with Crippen molar-refractivity contribution < 1.29 is 38.4 Å². The van der Waals surface area contributed by atoms with E-state index in [-0.39, 0.29) is 42.5 Å². The standard InChI is InChI=1S/C30H42O8/c1-19-9-11-29-17-36-27(33)26(32)20(2)10-12-35-23(16-34-4)8-6-5-7-22(31)14-21-15-25(38-24(29)13-19)30(18-37-30)28(21,29)3/h5-8,13,20-21,23-26,32H,9-12,14-18H2,1-4H3/b7-5-,8-6+/t20?,21-,23?,24?,25-,26+,28-,29-,30?/m1/s1. The fourth-order valence-electron chi connectivity index (χ4n) is 7.54. The van der Waals surface area contributed by atoms with Crippen LogP contribution in [0.25, 0.3) is 0 Å². The number of rotatable bonds is 2. The molecule has 0 aromatic rings. The van der Waals surface area contributed by atoms with Crippen LogP contribution in [-0.4, -0.2) is 80.4 Å². The minimum Gasteiger partial charge on any atom is -0.463 e. The van der Waals surface area contributed by atoms with E-state index in [9.17, 15) is 14.7 Å². The predicted octanol–water partition coefficient (Wildman–Crippen LogP) is 3.32. The quantitative estimate of drug-likeness (QED) is 0.330. The molecule has 0 aromatic carbocycles. The van der Waals surface area contributed by atoms with E-state index in [1.54, 1.807) is 19.3 Å². The average Bonchev–Trinajstić information content (AvgIpc) is 3.67. The summed E-state index contributed by atoms with van der Waals surface area (Å²) < 4.78 is 30.0. The molecule has 0 radical (unpaired) electrons. The molecule has 0 amide bonds. The van der Waals surface area contributed by atoms with Gasteiger partial charge >= 0.3 is 5.97 Å². The zero-order valence-corrected chi connectivity index (χ0v) is 23.0. The fourth-order valence-corrected chi connectivity index (χ4v) is 7.54. The third-order valence-electron chi connectivity index (χ3n) is 10.1. The van der Waals surface area contributed by atoms with Gasteiger partial charge in [-0.25, -0.2) is 4.79 Å². The first-order chi connectivity index (χ1) is 18.2. The van der Waals surface area contributed by atoms with Crippen LogP contribution < -0.4 is 0 Å². The molecule has 3 fully saturated rings. The Bertz CT molecular complexity index is 1010. The first kappa shape index (κ1) is 27.7. The third-order valence-corrected chi connectivity index (χ3v) is 10.1. The summed E-state index contributed by atoms with van der Waals surface area (Å²) in [7, 11) is 1.60. The Morgan fingerprint density at radius 1 is 1.21 bits per heavy atom. The molecule has 1 saturated carbocycles. The molecular weight excluding hydrogens is 488 g/mol. The summed E-state index contributed by atoms with van der Waals surface area (Å²) in [5.41, 5.74) is -0.194. The van der Waals surface area contributed by atoms with E-state index in [1.807, 2.05) is 19.1 Å². The molecule has 8 nitrogen and oxygen atoms in total. The zero-order valence-electron chi connectivity index (χ0n) is 23.0. The molecule has 3 aliphatic heterocycles. The highest BCUT2D eigenvalue weighted by atomic mass is 16.6. The van der Waals surface area contributed by atoms with Crippen molar-refractivity contribution in [1.82, 2.24) is 0 Å². The minimum atomic E-state index is -1.26. The van der Waals surface area contributed by atoms with E-state index in [0.717, 1.165) is 19.3 Å². The van der Waals surface area contributed by atoms with E-state index in [1.165, 1.54) is 5.57 Å².